The van der Waals surface area contributed by atoms with Crippen LogP contribution in [0.15, 0.2) is 77.5 Å². The van der Waals surface area contributed by atoms with Gasteiger partial charge in [-0.3, -0.25) is 4.79 Å². The van der Waals surface area contributed by atoms with Crippen LogP contribution >= 0.6 is 15.9 Å². The predicted octanol–water partition coefficient (Wildman–Crippen LogP) is 5.43. The second-order valence-corrected chi connectivity index (χ2v) is 9.44. The van der Waals surface area contributed by atoms with E-state index in [9.17, 15) is 27.5 Å². The van der Waals surface area contributed by atoms with Gasteiger partial charge in [-0.2, -0.15) is 18.3 Å². The number of nitrogens with zero attached hydrogens (tertiary/aromatic N) is 3. The largest absolute Gasteiger partial charge is 0.425 e. The molecule has 0 spiro atoms. The van der Waals surface area contributed by atoms with Crippen molar-refractivity contribution in [2.24, 2.45) is 0 Å². The van der Waals surface area contributed by atoms with Crippen LogP contribution in [0, 0.1) is 5.82 Å². The number of hydrogen-bond acceptors (Lipinski definition) is 3. The van der Waals surface area contributed by atoms with Crippen molar-refractivity contribution < 1.29 is 27.5 Å². The Balaban J connectivity index is 1.70. The van der Waals surface area contributed by atoms with E-state index < -0.39 is 34.6 Å². The summed E-state index contributed by atoms with van der Waals surface area (Å²) < 4.78 is 61.0. The van der Waals surface area contributed by atoms with Gasteiger partial charge in [0.25, 0.3) is 0 Å². The number of likely N-dealkylation sites (N-methyl/N-ethyl adjacent to an activating group) is 1. The number of rotatable bonds is 5. The van der Waals surface area contributed by atoms with Gasteiger partial charge >= 0.3 is 6.18 Å². The van der Waals surface area contributed by atoms with E-state index >= 15 is 0 Å². The van der Waals surface area contributed by atoms with Crippen LogP contribution in [0.2, 0.25) is 0 Å². The van der Waals surface area contributed by atoms with Crippen LogP contribution < -0.4 is 5.32 Å². The normalized spacial score (nSPS) is 13.7. The highest BCUT2D eigenvalue weighted by Crippen LogP contribution is 2.47. The summed E-state index contributed by atoms with van der Waals surface area (Å²) in [7, 11) is 1.43. The number of carbonyl (C=O) groups excluding carboxylic acids is 1. The second kappa shape index (κ2) is 9.00. The van der Waals surface area contributed by atoms with Gasteiger partial charge in [-0.25, -0.2) is 9.07 Å². The molecule has 3 aromatic carbocycles. The van der Waals surface area contributed by atoms with E-state index in [1.54, 1.807) is 12.1 Å². The minimum atomic E-state index is -5.10. The van der Waals surface area contributed by atoms with E-state index in [1.165, 1.54) is 71.0 Å². The smallest absolute Gasteiger partial charge is 0.372 e. The minimum absolute atomic E-state index is 0.147. The van der Waals surface area contributed by atoms with Crippen molar-refractivity contribution in [3.05, 3.63) is 94.5 Å². The maximum absolute atomic E-state index is 14.7. The van der Waals surface area contributed by atoms with Gasteiger partial charge < -0.3 is 15.0 Å². The van der Waals surface area contributed by atoms with Crippen LogP contribution in [0.25, 0.3) is 27.5 Å². The lowest BCUT2D eigenvalue weighted by atomic mass is 9.85. The molecule has 5 rings (SSSR count). The summed E-state index contributed by atoms with van der Waals surface area (Å²) in [5.41, 5.74) is -2.85. The van der Waals surface area contributed by atoms with E-state index in [1.807, 2.05) is 0 Å². The lowest BCUT2D eigenvalue weighted by Gasteiger charge is -2.31. The molecule has 190 valence electrons. The SMILES string of the molecule is CNC(=O)Cn1cc(C(O)(c2ccc3c(cnn3-c3ccc(F)cc3)c2)C(F)(F)F)c2ccc(Br)cc21. The molecule has 37 heavy (non-hydrogen) atoms. The number of halogens is 5. The van der Waals surface area contributed by atoms with Gasteiger partial charge in [-0.05, 0) is 54.1 Å². The van der Waals surface area contributed by atoms with Gasteiger partial charge in [0.05, 0.1) is 22.9 Å². The fourth-order valence-corrected chi connectivity index (χ4v) is 4.78. The minimum Gasteiger partial charge on any atom is -0.372 e. The Bertz CT molecular complexity index is 1640. The first-order valence-electron chi connectivity index (χ1n) is 11.1. The molecule has 1 amide bonds. The first-order valence-corrected chi connectivity index (χ1v) is 11.8. The van der Waals surface area contributed by atoms with Gasteiger partial charge in [0.2, 0.25) is 11.5 Å². The Morgan fingerprint density at radius 2 is 1.78 bits per heavy atom. The fourth-order valence-electron chi connectivity index (χ4n) is 4.44. The number of benzene rings is 3. The molecule has 2 N–H and O–H groups in total. The number of alkyl halides is 3. The summed E-state index contributed by atoms with van der Waals surface area (Å²) in [6.07, 6.45) is -2.57. The van der Waals surface area contributed by atoms with Crippen molar-refractivity contribution in [1.82, 2.24) is 19.7 Å². The molecule has 1 atom stereocenters. The highest BCUT2D eigenvalue weighted by atomic mass is 79.9. The Hall–Kier alpha value is -3.70. The standard InChI is InChI=1S/C26H19BrF4N4O2/c1-32-24(36)14-34-13-21(20-8-3-17(27)11-23(20)34)25(37,26(29,30)31)16-2-9-22-15(10-16)12-33-35(22)19-6-4-18(28)5-7-19/h2-13,37H,14H2,1H3,(H,32,36). The predicted molar refractivity (Wildman–Crippen MR) is 134 cm³/mol. The maximum Gasteiger partial charge on any atom is 0.425 e. The molecule has 5 aromatic rings. The van der Waals surface area contributed by atoms with Crippen molar-refractivity contribution in [1.29, 1.82) is 0 Å². The summed E-state index contributed by atoms with van der Waals surface area (Å²) in [5.74, 6) is -0.839. The molecule has 0 bridgehead atoms. The van der Waals surface area contributed by atoms with Crippen LogP contribution in [-0.4, -0.2) is 38.6 Å². The molecule has 0 radical (unpaired) electrons. The highest BCUT2D eigenvalue weighted by Gasteiger charge is 2.57. The Morgan fingerprint density at radius 1 is 1.05 bits per heavy atom. The molecular weight excluding hydrogens is 556 g/mol. The zero-order valence-corrected chi connectivity index (χ0v) is 20.8. The van der Waals surface area contributed by atoms with Crippen LogP contribution in [0.3, 0.4) is 0 Å². The number of fused-ring (bicyclic) bond motifs is 2. The number of amides is 1. The summed E-state index contributed by atoms with van der Waals surface area (Å²) in [6, 6.07) is 14.0. The van der Waals surface area contributed by atoms with Crippen molar-refractivity contribution >= 4 is 43.6 Å². The van der Waals surface area contributed by atoms with Crippen LogP contribution in [-0.2, 0) is 16.9 Å². The second-order valence-electron chi connectivity index (χ2n) is 8.52. The quantitative estimate of drug-likeness (QED) is 0.275. The Morgan fingerprint density at radius 3 is 2.46 bits per heavy atom. The molecule has 11 heteroatoms. The van der Waals surface area contributed by atoms with Crippen LogP contribution in [0.4, 0.5) is 17.6 Å². The monoisotopic (exact) mass is 574 g/mol. The van der Waals surface area contributed by atoms with E-state index in [4.69, 9.17) is 0 Å². The Kier molecular flexibility index (Phi) is 6.07. The summed E-state index contributed by atoms with van der Waals surface area (Å²) >= 11 is 3.32. The van der Waals surface area contributed by atoms with E-state index in [0.717, 1.165) is 6.20 Å². The van der Waals surface area contributed by atoms with E-state index in [0.29, 0.717) is 26.6 Å². The number of nitrogens with one attached hydrogen (secondary N) is 1. The van der Waals surface area contributed by atoms with Gasteiger partial charge in [0.15, 0.2) is 0 Å². The maximum atomic E-state index is 14.7. The first-order chi connectivity index (χ1) is 17.5. The molecule has 0 aliphatic rings. The third kappa shape index (κ3) is 4.17. The van der Waals surface area contributed by atoms with Crippen molar-refractivity contribution in [2.75, 3.05) is 7.05 Å². The molecule has 2 aromatic heterocycles. The number of hydrogen-bond donors (Lipinski definition) is 2. The van der Waals surface area contributed by atoms with Gasteiger partial charge in [0, 0.05) is 34.1 Å². The van der Waals surface area contributed by atoms with Crippen molar-refractivity contribution in [3.63, 3.8) is 0 Å². The molecule has 0 aliphatic carbocycles. The first kappa shape index (κ1) is 25.0. The summed E-state index contributed by atoms with van der Waals surface area (Å²) in [6.45, 7) is -0.235. The lowest BCUT2D eigenvalue weighted by molar-refractivity contribution is -0.247. The zero-order chi connectivity index (χ0) is 26.5. The molecule has 0 aliphatic heterocycles. The molecule has 1 unspecified atom stereocenters. The average Bonchev–Trinajstić information content (AvgIpc) is 3.44. The fraction of sp³-hybridized carbons (Fsp3) is 0.154. The summed E-state index contributed by atoms with van der Waals surface area (Å²) in [4.78, 5) is 12.1. The average molecular weight is 575 g/mol. The number of aromatic nitrogens is 3. The molecule has 0 saturated carbocycles. The Labute approximate surface area is 216 Å². The zero-order valence-electron chi connectivity index (χ0n) is 19.2. The molecule has 0 saturated heterocycles. The van der Waals surface area contributed by atoms with Crippen molar-refractivity contribution in [2.45, 2.75) is 18.3 Å². The third-order valence-electron chi connectivity index (χ3n) is 6.29. The van der Waals surface area contributed by atoms with Gasteiger partial charge in [0.1, 0.15) is 12.4 Å². The molecule has 2 heterocycles. The molecular formula is C26H19BrF4N4O2. The summed E-state index contributed by atoms with van der Waals surface area (Å²) in [5, 5.41) is 18.6. The molecule has 6 nitrogen and oxygen atoms in total. The van der Waals surface area contributed by atoms with Crippen LogP contribution in [0.1, 0.15) is 11.1 Å². The van der Waals surface area contributed by atoms with Gasteiger partial charge in [-0.15, -0.1) is 0 Å². The van der Waals surface area contributed by atoms with E-state index in [2.05, 4.69) is 26.3 Å². The van der Waals surface area contributed by atoms with E-state index in [-0.39, 0.29) is 11.9 Å². The topological polar surface area (TPSA) is 72.1 Å². The lowest BCUT2D eigenvalue weighted by Crippen LogP contribution is -2.43. The van der Waals surface area contributed by atoms with Crippen molar-refractivity contribution in [3.8, 4) is 5.69 Å². The van der Waals surface area contributed by atoms with Crippen LogP contribution in [0.5, 0.6) is 0 Å². The highest BCUT2D eigenvalue weighted by molar-refractivity contribution is 9.10. The number of carbonyl (C=O) groups is 1. The molecule has 0 fully saturated rings. The number of aliphatic hydroxyl groups is 1. The van der Waals surface area contributed by atoms with Gasteiger partial charge in [-0.1, -0.05) is 28.1 Å². The third-order valence-corrected chi connectivity index (χ3v) is 6.79.